The van der Waals surface area contributed by atoms with Crippen LogP contribution in [0.15, 0.2) is 24.3 Å². The normalized spacial score (nSPS) is 19.2. The van der Waals surface area contributed by atoms with Crippen LogP contribution in [0.2, 0.25) is 0 Å². The fourth-order valence-corrected chi connectivity index (χ4v) is 3.03. The Bertz CT molecular complexity index is 481. The Kier molecular flexibility index (Phi) is 7.69. The predicted molar refractivity (Wildman–Crippen MR) is 91.6 cm³/mol. The van der Waals surface area contributed by atoms with Crippen LogP contribution in [-0.4, -0.2) is 37.6 Å². The van der Waals surface area contributed by atoms with Crippen LogP contribution in [0.3, 0.4) is 0 Å². The fraction of sp³-hybridized carbons (Fsp3) is 0.588. The van der Waals surface area contributed by atoms with Crippen molar-refractivity contribution in [3.8, 4) is 5.75 Å². The first-order valence-electron chi connectivity index (χ1n) is 7.83. The highest BCUT2D eigenvalue weighted by molar-refractivity contribution is 5.85. The van der Waals surface area contributed by atoms with Gasteiger partial charge in [0, 0.05) is 31.1 Å². The van der Waals surface area contributed by atoms with Crippen LogP contribution in [-0.2, 0) is 4.79 Å². The summed E-state index contributed by atoms with van der Waals surface area (Å²) >= 11 is 0. The standard InChI is InChI=1S/C17H26N2O2.ClH/c1-4-7-13(2)17(20)19-11-10-18-12-15(19)14-8-5-6-9-16(14)21-3;/h5-6,8-9,13,15,18H,4,7,10-12H2,1-3H3;1H. The van der Waals surface area contributed by atoms with Crippen LogP contribution < -0.4 is 10.1 Å². The lowest BCUT2D eigenvalue weighted by atomic mass is 9.98. The Morgan fingerprint density at radius 1 is 1.45 bits per heavy atom. The lowest BCUT2D eigenvalue weighted by Crippen LogP contribution is -2.50. The number of rotatable bonds is 5. The summed E-state index contributed by atoms with van der Waals surface area (Å²) in [5.41, 5.74) is 1.09. The van der Waals surface area contributed by atoms with E-state index in [1.165, 1.54) is 0 Å². The zero-order valence-corrected chi connectivity index (χ0v) is 14.5. The minimum absolute atomic E-state index is 0. The lowest BCUT2D eigenvalue weighted by Gasteiger charge is -2.38. The van der Waals surface area contributed by atoms with Crippen LogP contribution in [0.25, 0.3) is 0 Å². The average Bonchev–Trinajstić information content (AvgIpc) is 2.54. The van der Waals surface area contributed by atoms with Crippen LogP contribution in [0.5, 0.6) is 5.75 Å². The molecule has 4 nitrogen and oxygen atoms in total. The highest BCUT2D eigenvalue weighted by atomic mass is 35.5. The Hall–Kier alpha value is -1.26. The quantitative estimate of drug-likeness (QED) is 0.904. The number of carbonyl (C=O) groups excluding carboxylic acids is 1. The maximum absolute atomic E-state index is 12.7. The van der Waals surface area contributed by atoms with Crippen molar-refractivity contribution in [2.75, 3.05) is 26.7 Å². The molecule has 0 bridgehead atoms. The van der Waals surface area contributed by atoms with E-state index in [1.807, 2.05) is 30.0 Å². The first kappa shape index (κ1) is 18.8. The van der Waals surface area contributed by atoms with Gasteiger partial charge in [-0.15, -0.1) is 12.4 Å². The van der Waals surface area contributed by atoms with E-state index in [0.29, 0.717) is 0 Å². The summed E-state index contributed by atoms with van der Waals surface area (Å²) in [6.07, 6.45) is 1.99. The number of nitrogens with zero attached hydrogens (tertiary/aromatic N) is 1. The third-order valence-electron chi connectivity index (χ3n) is 4.17. The highest BCUT2D eigenvalue weighted by Crippen LogP contribution is 2.31. The van der Waals surface area contributed by atoms with Crippen LogP contribution in [0.1, 0.15) is 38.3 Å². The van der Waals surface area contributed by atoms with Crippen molar-refractivity contribution in [2.45, 2.75) is 32.7 Å². The molecule has 5 heteroatoms. The van der Waals surface area contributed by atoms with Gasteiger partial charge in [-0.05, 0) is 12.5 Å². The second kappa shape index (κ2) is 9.01. The predicted octanol–water partition coefficient (Wildman–Crippen LogP) is 3.03. The van der Waals surface area contributed by atoms with Gasteiger partial charge in [0.2, 0.25) is 5.91 Å². The Balaban J connectivity index is 0.00000242. The summed E-state index contributed by atoms with van der Waals surface area (Å²) in [6, 6.07) is 8.04. The molecule has 124 valence electrons. The molecule has 1 saturated heterocycles. The number of halogens is 1. The number of para-hydroxylation sites is 1. The van der Waals surface area contributed by atoms with Gasteiger partial charge in [-0.3, -0.25) is 4.79 Å². The van der Waals surface area contributed by atoms with Gasteiger partial charge in [-0.2, -0.15) is 0 Å². The minimum Gasteiger partial charge on any atom is -0.496 e. The van der Waals surface area contributed by atoms with Crippen molar-refractivity contribution >= 4 is 18.3 Å². The van der Waals surface area contributed by atoms with Crippen molar-refractivity contribution < 1.29 is 9.53 Å². The summed E-state index contributed by atoms with van der Waals surface area (Å²) in [7, 11) is 1.68. The lowest BCUT2D eigenvalue weighted by molar-refractivity contribution is -0.138. The molecule has 0 radical (unpaired) electrons. The van der Waals surface area contributed by atoms with Gasteiger partial charge in [0.15, 0.2) is 0 Å². The number of benzene rings is 1. The molecule has 1 amide bonds. The molecular formula is C17H27ClN2O2. The molecule has 2 atom stereocenters. The second-order valence-corrected chi connectivity index (χ2v) is 5.68. The summed E-state index contributed by atoms with van der Waals surface area (Å²) in [5.74, 6) is 1.20. The first-order chi connectivity index (χ1) is 10.2. The Labute approximate surface area is 139 Å². The molecular weight excluding hydrogens is 300 g/mol. The molecule has 0 spiro atoms. The van der Waals surface area contributed by atoms with Crippen molar-refractivity contribution in [3.05, 3.63) is 29.8 Å². The summed E-state index contributed by atoms with van der Waals surface area (Å²) in [5, 5.41) is 3.39. The first-order valence-corrected chi connectivity index (χ1v) is 7.83. The number of carbonyl (C=O) groups is 1. The van der Waals surface area contributed by atoms with Gasteiger partial charge >= 0.3 is 0 Å². The van der Waals surface area contributed by atoms with Crippen LogP contribution >= 0.6 is 12.4 Å². The number of ether oxygens (including phenoxy) is 1. The SMILES string of the molecule is CCCC(C)C(=O)N1CCNCC1c1ccccc1OC.Cl. The van der Waals surface area contributed by atoms with Crippen molar-refractivity contribution in [1.82, 2.24) is 10.2 Å². The van der Waals surface area contributed by atoms with E-state index in [1.54, 1.807) is 7.11 Å². The summed E-state index contributed by atoms with van der Waals surface area (Å²) in [4.78, 5) is 14.8. The van der Waals surface area contributed by atoms with E-state index >= 15 is 0 Å². The van der Waals surface area contributed by atoms with Gasteiger partial charge in [-0.1, -0.05) is 38.5 Å². The number of amides is 1. The van der Waals surface area contributed by atoms with E-state index < -0.39 is 0 Å². The molecule has 1 heterocycles. The van der Waals surface area contributed by atoms with Crippen LogP contribution in [0.4, 0.5) is 0 Å². The fourth-order valence-electron chi connectivity index (χ4n) is 3.03. The molecule has 0 aromatic heterocycles. The van der Waals surface area contributed by atoms with Gasteiger partial charge in [0.05, 0.1) is 13.2 Å². The molecule has 22 heavy (non-hydrogen) atoms. The Morgan fingerprint density at radius 2 is 2.18 bits per heavy atom. The molecule has 1 fully saturated rings. The molecule has 1 aliphatic rings. The number of nitrogens with one attached hydrogen (secondary N) is 1. The maximum Gasteiger partial charge on any atom is 0.226 e. The van der Waals surface area contributed by atoms with Gasteiger partial charge < -0.3 is 15.0 Å². The molecule has 1 aromatic rings. The molecule has 0 saturated carbocycles. The summed E-state index contributed by atoms with van der Waals surface area (Å²) in [6.45, 7) is 6.56. The van der Waals surface area contributed by atoms with Crippen LogP contribution in [0, 0.1) is 5.92 Å². The topological polar surface area (TPSA) is 41.6 Å². The minimum atomic E-state index is 0. The Morgan fingerprint density at radius 3 is 2.86 bits per heavy atom. The van der Waals surface area contributed by atoms with Crippen molar-refractivity contribution in [3.63, 3.8) is 0 Å². The zero-order valence-electron chi connectivity index (χ0n) is 13.7. The van der Waals surface area contributed by atoms with Gasteiger partial charge in [0.25, 0.3) is 0 Å². The molecule has 1 N–H and O–H groups in total. The van der Waals surface area contributed by atoms with E-state index in [4.69, 9.17) is 4.74 Å². The number of hydrogen-bond acceptors (Lipinski definition) is 3. The van der Waals surface area contributed by atoms with E-state index in [-0.39, 0.29) is 30.3 Å². The van der Waals surface area contributed by atoms with E-state index in [0.717, 1.165) is 43.8 Å². The number of methoxy groups -OCH3 is 1. The largest absolute Gasteiger partial charge is 0.496 e. The molecule has 0 aliphatic carbocycles. The smallest absolute Gasteiger partial charge is 0.226 e. The van der Waals surface area contributed by atoms with Gasteiger partial charge in [0.1, 0.15) is 5.75 Å². The number of hydrogen-bond donors (Lipinski definition) is 1. The van der Waals surface area contributed by atoms with E-state index in [2.05, 4.69) is 18.3 Å². The molecule has 1 aromatic carbocycles. The average molecular weight is 327 g/mol. The maximum atomic E-state index is 12.7. The highest BCUT2D eigenvalue weighted by Gasteiger charge is 2.31. The van der Waals surface area contributed by atoms with Crippen molar-refractivity contribution in [2.24, 2.45) is 5.92 Å². The third-order valence-corrected chi connectivity index (χ3v) is 4.17. The summed E-state index contributed by atoms with van der Waals surface area (Å²) < 4.78 is 5.47. The van der Waals surface area contributed by atoms with Crippen molar-refractivity contribution in [1.29, 1.82) is 0 Å². The number of piperazine rings is 1. The third kappa shape index (κ3) is 4.14. The van der Waals surface area contributed by atoms with Gasteiger partial charge in [-0.25, -0.2) is 0 Å². The molecule has 2 rings (SSSR count). The van der Waals surface area contributed by atoms with E-state index in [9.17, 15) is 4.79 Å². The molecule has 2 unspecified atom stereocenters. The zero-order chi connectivity index (χ0) is 15.2. The second-order valence-electron chi connectivity index (χ2n) is 5.68. The monoisotopic (exact) mass is 326 g/mol. The molecule has 1 aliphatic heterocycles.